The number of carbonyl (C=O) groups is 1. The number of H-pyrrole nitrogens is 1. The zero-order valence-corrected chi connectivity index (χ0v) is 12.6. The number of nitrogens with one attached hydrogen (secondary N) is 2. The standard InChI is InChI=1S/C18H21N3O/c22-17(15-11-13-3-1-2-4-14(13)19-15)20-16-12-5-9-21(10-6-12)18(16)7-8-18/h1-4,11-12,16,19H,5-10H2,(H,20,22)/t16-/m0/s1. The van der Waals surface area contributed by atoms with E-state index < -0.39 is 0 Å². The Morgan fingerprint density at radius 3 is 2.73 bits per heavy atom. The Balaban J connectivity index is 1.42. The maximum Gasteiger partial charge on any atom is 0.268 e. The summed E-state index contributed by atoms with van der Waals surface area (Å²) in [5.74, 6) is 0.724. The molecular weight excluding hydrogens is 274 g/mol. The van der Waals surface area contributed by atoms with E-state index in [1.54, 1.807) is 0 Å². The number of benzene rings is 1. The largest absolute Gasteiger partial charge is 0.351 e. The fraction of sp³-hybridized carbons (Fsp3) is 0.500. The second-order valence-corrected chi connectivity index (χ2v) is 7.15. The number of rotatable bonds is 2. The van der Waals surface area contributed by atoms with Gasteiger partial charge in [-0.15, -0.1) is 0 Å². The molecule has 3 saturated heterocycles. The lowest BCUT2D eigenvalue weighted by atomic mass is 9.77. The van der Waals surface area contributed by atoms with Crippen molar-refractivity contribution < 1.29 is 4.79 Å². The zero-order chi connectivity index (χ0) is 14.7. The minimum atomic E-state index is 0.0567. The first-order valence-electron chi connectivity index (χ1n) is 8.40. The number of fused-ring (bicyclic) bond motifs is 3. The Kier molecular flexibility index (Phi) is 2.51. The SMILES string of the molecule is O=C(N[C@H]1C2CCN(CC2)C12CC2)c1cc2ccccc2[nH]1. The third kappa shape index (κ3) is 1.70. The van der Waals surface area contributed by atoms with Crippen LogP contribution in [0.4, 0.5) is 0 Å². The molecule has 4 aliphatic rings. The minimum Gasteiger partial charge on any atom is -0.351 e. The van der Waals surface area contributed by atoms with E-state index in [0.717, 1.165) is 10.9 Å². The van der Waals surface area contributed by atoms with Gasteiger partial charge >= 0.3 is 0 Å². The van der Waals surface area contributed by atoms with Crippen LogP contribution in [0.3, 0.4) is 0 Å². The molecule has 4 heteroatoms. The zero-order valence-electron chi connectivity index (χ0n) is 12.6. The highest BCUT2D eigenvalue weighted by Crippen LogP contribution is 2.53. The Morgan fingerprint density at radius 1 is 1.23 bits per heavy atom. The van der Waals surface area contributed by atoms with Crippen molar-refractivity contribution in [3.8, 4) is 0 Å². The third-order valence-electron chi connectivity index (χ3n) is 6.04. The number of piperidine rings is 3. The maximum absolute atomic E-state index is 12.7. The molecule has 1 spiro atoms. The van der Waals surface area contributed by atoms with Crippen molar-refractivity contribution in [1.82, 2.24) is 15.2 Å². The third-order valence-corrected chi connectivity index (χ3v) is 6.04. The highest BCUT2D eigenvalue weighted by Gasteiger charge is 2.60. The van der Waals surface area contributed by atoms with Gasteiger partial charge in [-0.2, -0.15) is 0 Å². The molecule has 3 aliphatic heterocycles. The normalized spacial score (nSPS) is 31.5. The molecule has 114 valence electrons. The summed E-state index contributed by atoms with van der Waals surface area (Å²) >= 11 is 0. The molecule has 4 nitrogen and oxygen atoms in total. The molecule has 1 amide bonds. The smallest absolute Gasteiger partial charge is 0.268 e. The Hall–Kier alpha value is -1.81. The monoisotopic (exact) mass is 295 g/mol. The topological polar surface area (TPSA) is 48.1 Å². The predicted octanol–water partition coefficient (Wildman–Crippen LogP) is 2.52. The van der Waals surface area contributed by atoms with Crippen LogP contribution in [0.15, 0.2) is 30.3 Å². The summed E-state index contributed by atoms with van der Waals surface area (Å²) in [5, 5.41) is 4.47. The number of para-hydroxylation sites is 1. The summed E-state index contributed by atoms with van der Waals surface area (Å²) in [5.41, 5.74) is 2.01. The average molecular weight is 295 g/mol. The van der Waals surface area contributed by atoms with Crippen LogP contribution in [0, 0.1) is 5.92 Å². The van der Waals surface area contributed by atoms with Crippen molar-refractivity contribution in [2.24, 2.45) is 5.92 Å². The van der Waals surface area contributed by atoms with Crippen molar-refractivity contribution >= 4 is 16.8 Å². The molecule has 6 rings (SSSR count). The van der Waals surface area contributed by atoms with Crippen LogP contribution in [0.1, 0.15) is 36.2 Å². The molecule has 4 heterocycles. The quantitative estimate of drug-likeness (QED) is 0.894. The molecule has 1 aliphatic carbocycles. The summed E-state index contributed by atoms with van der Waals surface area (Å²) in [4.78, 5) is 18.6. The van der Waals surface area contributed by atoms with Gasteiger partial charge in [0.25, 0.3) is 5.91 Å². The second kappa shape index (κ2) is 4.35. The van der Waals surface area contributed by atoms with Crippen LogP contribution >= 0.6 is 0 Å². The Labute approximate surface area is 129 Å². The van der Waals surface area contributed by atoms with Gasteiger partial charge in [0.05, 0.1) is 6.04 Å². The molecular formula is C18H21N3O. The molecule has 1 saturated carbocycles. The molecule has 1 aromatic heterocycles. The van der Waals surface area contributed by atoms with Gasteiger partial charge in [-0.25, -0.2) is 0 Å². The van der Waals surface area contributed by atoms with E-state index in [9.17, 15) is 4.79 Å². The molecule has 2 bridgehead atoms. The Bertz CT molecular complexity index is 705. The predicted molar refractivity (Wildman–Crippen MR) is 85.8 cm³/mol. The number of aromatic nitrogens is 1. The van der Waals surface area contributed by atoms with E-state index in [2.05, 4.69) is 15.2 Å². The minimum absolute atomic E-state index is 0.0567. The summed E-state index contributed by atoms with van der Waals surface area (Å²) in [6, 6.07) is 10.4. The first-order valence-corrected chi connectivity index (χ1v) is 8.40. The number of amides is 1. The second-order valence-electron chi connectivity index (χ2n) is 7.15. The molecule has 1 aromatic carbocycles. The molecule has 1 atom stereocenters. The van der Waals surface area contributed by atoms with Crippen LogP contribution in [0.5, 0.6) is 0 Å². The average Bonchev–Trinajstić information content (AvgIpc) is 3.20. The summed E-state index contributed by atoms with van der Waals surface area (Å²) in [6.45, 7) is 2.45. The van der Waals surface area contributed by atoms with Gasteiger partial charge < -0.3 is 10.3 Å². The number of aromatic amines is 1. The van der Waals surface area contributed by atoms with E-state index in [-0.39, 0.29) is 5.91 Å². The van der Waals surface area contributed by atoms with Crippen LogP contribution in [0.2, 0.25) is 0 Å². The number of nitrogens with zero attached hydrogens (tertiary/aromatic N) is 1. The fourth-order valence-electron chi connectivity index (χ4n) is 4.74. The van der Waals surface area contributed by atoms with Gasteiger partial charge in [0.15, 0.2) is 0 Å². The van der Waals surface area contributed by atoms with Gasteiger partial charge in [-0.1, -0.05) is 18.2 Å². The van der Waals surface area contributed by atoms with Gasteiger partial charge in [-0.3, -0.25) is 9.69 Å². The van der Waals surface area contributed by atoms with E-state index in [4.69, 9.17) is 0 Å². The van der Waals surface area contributed by atoms with Gasteiger partial charge in [0.1, 0.15) is 5.69 Å². The van der Waals surface area contributed by atoms with Crippen LogP contribution in [-0.2, 0) is 0 Å². The van der Waals surface area contributed by atoms with E-state index >= 15 is 0 Å². The van der Waals surface area contributed by atoms with Crippen LogP contribution in [-0.4, -0.2) is 40.5 Å². The molecule has 4 fully saturated rings. The first kappa shape index (κ1) is 12.7. The molecule has 0 unspecified atom stereocenters. The lowest BCUT2D eigenvalue weighted by Crippen LogP contribution is -2.65. The van der Waals surface area contributed by atoms with Crippen molar-refractivity contribution in [1.29, 1.82) is 0 Å². The van der Waals surface area contributed by atoms with Crippen molar-refractivity contribution in [3.05, 3.63) is 36.0 Å². The first-order chi connectivity index (χ1) is 10.8. The molecule has 2 aromatic rings. The maximum atomic E-state index is 12.7. The Morgan fingerprint density at radius 2 is 2.00 bits per heavy atom. The van der Waals surface area contributed by atoms with Crippen molar-refractivity contribution in [2.45, 2.75) is 37.3 Å². The fourth-order valence-corrected chi connectivity index (χ4v) is 4.74. The molecule has 22 heavy (non-hydrogen) atoms. The molecule has 2 N–H and O–H groups in total. The highest BCUT2D eigenvalue weighted by atomic mass is 16.2. The number of carbonyl (C=O) groups excluding carboxylic acids is 1. The van der Waals surface area contributed by atoms with Crippen LogP contribution < -0.4 is 5.32 Å². The van der Waals surface area contributed by atoms with Crippen LogP contribution in [0.25, 0.3) is 10.9 Å². The van der Waals surface area contributed by atoms with Gasteiger partial charge in [0, 0.05) is 16.4 Å². The van der Waals surface area contributed by atoms with Crippen molar-refractivity contribution in [3.63, 3.8) is 0 Å². The van der Waals surface area contributed by atoms with E-state index in [1.807, 2.05) is 30.3 Å². The summed E-state index contributed by atoms with van der Waals surface area (Å²) in [6.07, 6.45) is 4.97. The van der Waals surface area contributed by atoms with E-state index in [0.29, 0.717) is 23.2 Å². The lowest BCUT2D eigenvalue weighted by molar-refractivity contribution is -0.00151. The molecule has 0 radical (unpaired) electrons. The van der Waals surface area contributed by atoms with Gasteiger partial charge in [-0.05, 0) is 56.8 Å². The van der Waals surface area contributed by atoms with E-state index in [1.165, 1.54) is 38.8 Å². The number of hydrogen-bond acceptors (Lipinski definition) is 2. The highest BCUT2D eigenvalue weighted by molar-refractivity contribution is 5.98. The summed E-state index contributed by atoms with van der Waals surface area (Å²) < 4.78 is 0. The lowest BCUT2D eigenvalue weighted by Gasteiger charge is -2.52. The van der Waals surface area contributed by atoms with Gasteiger partial charge in [0.2, 0.25) is 0 Å². The summed E-state index contributed by atoms with van der Waals surface area (Å²) in [7, 11) is 0. The van der Waals surface area contributed by atoms with Crippen molar-refractivity contribution in [2.75, 3.05) is 13.1 Å². The number of hydrogen-bond donors (Lipinski definition) is 2.